The number of hydrogen-bond acceptors (Lipinski definition) is 1. The van der Waals surface area contributed by atoms with Crippen LogP contribution in [0.1, 0.15) is 72.6 Å². The molecule has 1 heteroatoms. The minimum atomic E-state index is 0.614. The fraction of sp³-hybridized carbons (Fsp3) is 1.00. The molecular formula is C16H33N. The Morgan fingerprint density at radius 3 is 2.65 bits per heavy atom. The van der Waals surface area contributed by atoms with Crippen molar-refractivity contribution in [3.05, 3.63) is 0 Å². The van der Waals surface area contributed by atoms with Crippen LogP contribution in [0.25, 0.3) is 0 Å². The zero-order valence-electron chi connectivity index (χ0n) is 12.5. The molecule has 1 fully saturated rings. The molecule has 1 heterocycles. The van der Waals surface area contributed by atoms with Crippen LogP contribution in [0.15, 0.2) is 0 Å². The molecule has 1 rings (SSSR count). The van der Waals surface area contributed by atoms with Crippen LogP contribution < -0.4 is 5.32 Å². The topological polar surface area (TPSA) is 12.0 Å². The fourth-order valence-corrected chi connectivity index (χ4v) is 3.32. The number of hydrogen-bond donors (Lipinski definition) is 1. The van der Waals surface area contributed by atoms with E-state index in [1.165, 1.54) is 58.0 Å². The molecule has 1 nitrogen and oxygen atoms in total. The van der Waals surface area contributed by atoms with Gasteiger partial charge in [0.25, 0.3) is 0 Å². The molecule has 0 aromatic heterocycles. The Morgan fingerprint density at radius 1 is 1.24 bits per heavy atom. The Labute approximate surface area is 109 Å². The Kier molecular flexibility index (Phi) is 6.54. The number of nitrogens with one attached hydrogen (secondary N) is 1. The van der Waals surface area contributed by atoms with Gasteiger partial charge >= 0.3 is 0 Å². The quantitative estimate of drug-likeness (QED) is 0.639. The van der Waals surface area contributed by atoms with E-state index in [1.54, 1.807) is 0 Å². The van der Waals surface area contributed by atoms with Gasteiger partial charge in [0.2, 0.25) is 0 Å². The molecule has 0 aromatic rings. The predicted molar refractivity (Wildman–Crippen MR) is 77.3 cm³/mol. The summed E-state index contributed by atoms with van der Waals surface area (Å²) in [4.78, 5) is 0. The van der Waals surface area contributed by atoms with Gasteiger partial charge in [-0.15, -0.1) is 0 Å². The summed E-state index contributed by atoms with van der Waals surface area (Å²) in [5.74, 6) is 1.74. The van der Waals surface area contributed by atoms with Gasteiger partial charge in [-0.05, 0) is 49.6 Å². The zero-order chi connectivity index (χ0) is 12.7. The minimum Gasteiger partial charge on any atom is -0.316 e. The Bertz CT molecular complexity index is 200. The standard InChI is InChI=1S/C16H33N/c1-5-6-7-8-9-16(4)10-11-17-13-15(16)12-14(2)3/h14-15,17H,5-13H2,1-4H3. The average Bonchev–Trinajstić information content (AvgIpc) is 2.28. The molecule has 0 saturated carbocycles. The Balaban J connectivity index is 2.42. The van der Waals surface area contributed by atoms with E-state index < -0.39 is 0 Å². The van der Waals surface area contributed by atoms with Crippen LogP contribution in [0.3, 0.4) is 0 Å². The van der Waals surface area contributed by atoms with Gasteiger partial charge in [-0.2, -0.15) is 0 Å². The normalized spacial score (nSPS) is 29.8. The van der Waals surface area contributed by atoms with Gasteiger partial charge in [0.05, 0.1) is 0 Å². The third-order valence-electron chi connectivity index (χ3n) is 4.61. The van der Waals surface area contributed by atoms with Crippen LogP contribution >= 0.6 is 0 Å². The molecule has 0 aromatic carbocycles. The number of piperidine rings is 1. The van der Waals surface area contributed by atoms with E-state index in [1.807, 2.05) is 0 Å². The van der Waals surface area contributed by atoms with Gasteiger partial charge < -0.3 is 5.32 Å². The summed E-state index contributed by atoms with van der Waals surface area (Å²) < 4.78 is 0. The van der Waals surface area contributed by atoms with Crippen molar-refractivity contribution in [3.8, 4) is 0 Å². The first-order valence-corrected chi connectivity index (χ1v) is 7.79. The summed E-state index contributed by atoms with van der Waals surface area (Å²) in [5, 5.41) is 3.60. The second-order valence-electron chi connectivity index (χ2n) is 6.75. The first kappa shape index (κ1) is 15.0. The van der Waals surface area contributed by atoms with Crippen LogP contribution in [0, 0.1) is 17.3 Å². The lowest BCUT2D eigenvalue weighted by molar-refractivity contribution is 0.0955. The summed E-state index contributed by atoms with van der Waals surface area (Å²) in [7, 11) is 0. The highest BCUT2D eigenvalue weighted by Crippen LogP contribution is 2.41. The molecule has 0 aliphatic carbocycles. The molecule has 1 N–H and O–H groups in total. The van der Waals surface area contributed by atoms with Gasteiger partial charge in [0.15, 0.2) is 0 Å². The summed E-state index contributed by atoms with van der Waals surface area (Å²) in [6.45, 7) is 12.1. The molecule has 0 spiro atoms. The van der Waals surface area contributed by atoms with Gasteiger partial charge in [0, 0.05) is 0 Å². The van der Waals surface area contributed by atoms with E-state index in [0.717, 1.165) is 11.8 Å². The van der Waals surface area contributed by atoms with E-state index in [9.17, 15) is 0 Å². The number of rotatable bonds is 7. The monoisotopic (exact) mass is 239 g/mol. The lowest BCUT2D eigenvalue weighted by atomic mass is 9.66. The van der Waals surface area contributed by atoms with Crippen molar-refractivity contribution in [1.29, 1.82) is 0 Å². The highest BCUT2D eigenvalue weighted by atomic mass is 14.9. The molecule has 0 bridgehead atoms. The van der Waals surface area contributed by atoms with Crippen molar-refractivity contribution >= 4 is 0 Å². The minimum absolute atomic E-state index is 0.614. The summed E-state index contributed by atoms with van der Waals surface area (Å²) in [5.41, 5.74) is 0.614. The first-order chi connectivity index (χ1) is 8.08. The second kappa shape index (κ2) is 7.41. The van der Waals surface area contributed by atoms with Crippen LogP contribution in [-0.2, 0) is 0 Å². The Morgan fingerprint density at radius 2 is 2.00 bits per heavy atom. The maximum Gasteiger partial charge on any atom is -0.00152 e. The van der Waals surface area contributed by atoms with E-state index in [-0.39, 0.29) is 0 Å². The van der Waals surface area contributed by atoms with E-state index in [4.69, 9.17) is 0 Å². The highest BCUT2D eigenvalue weighted by Gasteiger charge is 2.35. The van der Waals surface area contributed by atoms with Crippen molar-refractivity contribution in [3.63, 3.8) is 0 Å². The van der Waals surface area contributed by atoms with Gasteiger partial charge in [-0.3, -0.25) is 0 Å². The van der Waals surface area contributed by atoms with E-state index in [0.29, 0.717) is 5.41 Å². The van der Waals surface area contributed by atoms with Crippen molar-refractivity contribution < 1.29 is 0 Å². The smallest absolute Gasteiger partial charge is 0.00152 e. The van der Waals surface area contributed by atoms with Crippen LogP contribution in [-0.4, -0.2) is 13.1 Å². The highest BCUT2D eigenvalue weighted by molar-refractivity contribution is 4.88. The van der Waals surface area contributed by atoms with E-state index >= 15 is 0 Å². The summed E-state index contributed by atoms with van der Waals surface area (Å²) >= 11 is 0. The molecule has 102 valence electrons. The lowest BCUT2D eigenvalue weighted by Crippen LogP contribution is -2.44. The Hall–Kier alpha value is -0.0400. The largest absolute Gasteiger partial charge is 0.316 e. The second-order valence-corrected chi connectivity index (χ2v) is 6.75. The SMILES string of the molecule is CCCCCCC1(C)CCNCC1CC(C)C. The van der Waals surface area contributed by atoms with Crippen LogP contribution in [0.2, 0.25) is 0 Å². The molecule has 0 radical (unpaired) electrons. The van der Waals surface area contributed by atoms with Crippen LogP contribution in [0.4, 0.5) is 0 Å². The van der Waals surface area contributed by atoms with Crippen molar-refractivity contribution in [2.45, 2.75) is 72.6 Å². The van der Waals surface area contributed by atoms with Gasteiger partial charge in [0.1, 0.15) is 0 Å². The lowest BCUT2D eigenvalue weighted by Gasteiger charge is -2.43. The maximum absolute atomic E-state index is 3.60. The molecule has 1 aliphatic rings. The van der Waals surface area contributed by atoms with Crippen LogP contribution in [0.5, 0.6) is 0 Å². The zero-order valence-corrected chi connectivity index (χ0v) is 12.5. The van der Waals surface area contributed by atoms with Crippen molar-refractivity contribution in [2.24, 2.45) is 17.3 Å². The number of unbranched alkanes of at least 4 members (excludes halogenated alkanes) is 3. The predicted octanol–water partition coefficient (Wildman–Crippen LogP) is 4.62. The summed E-state index contributed by atoms with van der Waals surface area (Å²) in [6, 6.07) is 0. The van der Waals surface area contributed by atoms with Gasteiger partial charge in [-0.1, -0.05) is 53.4 Å². The molecule has 1 aliphatic heterocycles. The summed E-state index contributed by atoms with van der Waals surface area (Å²) in [6.07, 6.45) is 9.89. The van der Waals surface area contributed by atoms with E-state index in [2.05, 4.69) is 33.0 Å². The van der Waals surface area contributed by atoms with Crippen molar-refractivity contribution in [1.82, 2.24) is 5.32 Å². The fourth-order valence-electron chi connectivity index (χ4n) is 3.32. The van der Waals surface area contributed by atoms with Crippen molar-refractivity contribution in [2.75, 3.05) is 13.1 Å². The molecule has 2 unspecified atom stereocenters. The third-order valence-corrected chi connectivity index (χ3v) is 4.61. The molecule has 17 heavy (non-hydrogen) atoms. The third kappa shape index (κ3) is 4.99. The average molecular weight is 239 g/mol. The van der Waals surface area contributed by atoms with Gasteiger partial charge in [-0.25, -0.2) is 0 Å². The molecular weight excluding hydrogens is 206 g/mol. The first-order valence-electron chi connectivity index (χ1n) is 7.79. The molecule has 2 atom stereocenters. The maximum atomic E-state index is 3.60. The molecule has 0 amide bonds. The molecule has 1 saturated heterocycles.